The van der Waals surface area contributed by atoms with Crippen molar-refractivity contribution >= 4 is 29.5 Å². The number of carbonyl (C=O) groups excluding carboxylic acids is 3. The third-order valence-electron chi connectivity index (χ3n) is 6.30. The molecule has 2 heterocycles. The zero-order chi connectivity index (χ0) is 23.2. The Morgan fingerprint density at radius 3 is 2.39 bits per heavy atom. The zero-order valence-corrected chi connectivity index (χ0v) is 19.8. The molecule has 0 radical (unpaired) electrons. The highest BCUT2D eigenvalue weighted by Crippen LogP contribution is 2.38. The van der Waals surface area contributed by atoms with E-state index >= 15 is 0 Å². The van der Waals surface area contributed by atoms with Gasteiger partial charge in [-0.3, -0.25) is 14.4 Å². The van der Waals surface area contributed by atoms with Crippen LogP contribution in [0.4, 0.5) is 0 Å². The van der Waals surface area contributed by atoms with Gasteiger partial charge in [0.2, 0.25) is 5.91 Å². The fourth-order valence-corrected chi connectivity index (χ4v) is 5.64. The Balaban J connectivity index is 1.36. The largest absolute Gasteiger partial charge is 0.466 e. The van der Waals surface area contributed by atoms with Crippen molar-refractivity contribution in [2.24, 2.45) is 5.92 Å². The van der Waals surface area contributed by atoms with Gasteiger partial charge in [-0.2, -0.15) is 0 Å². The lowest BCUT2D eigenvalue weighted by Gasteiger charge is -2.31. The minimum absolute atomic E-state index is 0.0139. The van der Waals surface area contributed by atoms with Crippen molar-refractivity contribution in [2.45, 2.75) is 31.6 Å². The van der Waals surface area contributed by atoms with E-state index in [9.17, 15) is 14.4 Å². The summed E-state index contributed by atoms with van der Waals surface area (Å²) >= 11 is 1.63. The Morgan fingerprint density at radius 2 is 1.73 bits per heavy atom. The number of amides is 2. The summed E-state index contributed by atoms with van der Waals surface area (Å²) in [7, 11) is 0. The summed E-state index contributed by atoms with van der Waals surface area (Å²) in [5, 5.41) is -0.0225. The van der Waals surface area contributed by atoms with Crippen molar-refractivity contribution in [3.8, 4) is 0 Å². The predicted octanol–water partition coefficient (Wildman–Crippen LogP) is 3.92. The topological polar surface area (TPSA) is 66.9 Å². The predicted molar refractivity (Wildman–Crippen MR) is 129 cm³/mol. The van der Waals surface area contributed by atoms with Crippen molar-refractivity contribution < 1.29 is 19.1 Å². The van der Waals surface area contributed by atoms with Crippen LogP contribution >= 0.6 is 11.8 Å². The molecule has 1 atom stereocenters. The van der Waals surface area contributed by atoms with Crippen LogP contribution in [0.15, 0.2) is 54.6 Å². The minimum atomic E-state index is -0.158. The first-order valence-corrected chi connectivity index (χ1v) is 12.6. The number of nitrogens with zero attached hydrogens (tertiary/aromatic N) is 2. The molecule has 0 bridgehead atoms. The van der Waals surface area contributed by atoms with Gasteiger partial charge in [0.05, 0.1) is 18.3 Å². The van der Waals surface area contributed by atoms with E-state index in [0.717, 1.165) is 12.0 Å². The lowest BCUT2D eigenvalue weighted by atomic mass is 9.96. The van der Waals surface area contributed by atoms with E-state index in [2.05, 4.69) is 12.1 Å². The summed E-state index contributed by atoms with van der Waals surface area (Å²) in [6, 6.07) is 17.8. The molecule has 2 amide bonds. The monoisotopic (exact) mass is 466 g/mol. The molecule has 0 spiro atoms. The van der Waals surface area contributed by atoms with Crippen LogP contribution in [0.5, 0.6) is 0 Å². The normalized spacial score (nSPS) is 19.1. The number of benzene rings is 2. The van der Waals surface area contributed by atoms with Crippen molar-refractivity contribution in [1.82, 2.24) is 9.80 Å². The number of carbonyl (C=O) groups is 3. The number of rotatable bonds is 7. The van der Waals surface area contributed by atoms with E-state index in [1.807, 2.05) is 59.2 Å². The number of ether oxygens (including phenoxy) is 1. The molecule has 0 unspecified atom stereocenters. The van der Waals surface area contributed by atoms with Crippen molar-refractivity contribution in [2.75, 3.05) is 32.0 Å². The van der Waals surface area contributed by atoms with Gasteiger partial charge in [0.25, 0.3) is 5.91 Å². The second kappa shape index (κ2) is 10.9. The van der Waals surface area contributed by atoms with Gasteiger partial charge in [0.1, 0.15) is 5.37 Å². The molecule has 0 aromatic heterocycles. The van der Waals surface area contributed by atoms with E-state index in [1.165, 1.54) is 5.56 Å². The summed E-state index contributed by atoms with van der Waals surface area (Å²) in [4.78, 5) is 41.1. The van der Waals surface area contributed by atoms with Gasteiger partial charge in [-0.1, -0.05) is 42.5 Å². The average molecular weight is 467 g/mol. The van der Waals surface area contributed by atoms with Gasteiger partial charge in [0, 0.05) is 25.2 Å². The number of hydrogen-bond acceptors (Lipinski definition) is 5. The van der Waals surface area contributed by atoms with E-state index in [1.54, 1.807) is 11.8 Å². The maximum atomic E-state index is 13.0. The molecule has 2 aliphatic rings. The maximum absolute atomic E-state index is 13.0. The van der Waals surface area contributed by atoms with Gasteiger partial charge in [-0.05, 0) is 49.4 Å². The highest BCUT2D eigenvalue weighted by Gasteiger charge is 2.33. The molecular formula is C26H30N2O4S. The molecule has 4 rings (SSSR count). The Morgan fingerprint density at radius 1 is 1.03 bits per heavy atom. The molecular weight excluding hydrogens is 436 g/mol. The standard InChI is InChI=1S/C26H30N2O4S/c1-2-32-26(31)22-13-15-27(16-14-22)24(30)20-8-10-21(11-9-20)25-28(23(29)18-33-25)17-12-19-6-4-3-5-7-19/h3-11,22,25H,2,12-18H2,1H3/t25-/m1/s1. The first kappa shape index (κ1) is 23.4. The molecule has 7 heteroatoms. The Bertz CT molecular complexity index is 972. The fourth-order valence-electron chi connectivity index (χ4n) is 4.42. The molecule has 2 aromatic rings. The first-order chi connectivity index (χ1) is 16.1. The fraction of sp³-hybridized carbons (Fsp3) is 0.423. The average Bonchev–Trinajstić information content (AvgIpc) is 3.23. The van der Waals surface area contributed by atoms with Gasteiger partial charge >= 0.3 is 5.97 Å². The summed E-state index contributed by atoms with van der Waals surface area (Å²) in [6.07, 6.45) is 2.10. The van der Waals surface area contributed by atoms with Crippen molar-refractivity contribution in [1.29, 1.82) is 0 Å². The van der Waals surface area contributed by atoms with Gasteiger partial charge in [-0.15, -0.1) is 11.8 Å². The Kier molecular flexibility index (Phi) is 7.70. The molecule has 2 aliphatic heterocycles. The summed E-state index contributed by atoms with van der Waals surface area (Å²) in [5.74, 6) is 0.352. The molecule has 0 aliphatic carbocycles. The minimum Gasteiger partial charge on any atom is -0.466 e. The molecule has 2 aromatic carbocycles. The molecule has 33 heavy (non-hydrogen) atoms. The molecule has 2 fully saturated rings. The summed E-state index contributed by atoms with van der Waals surface area (Å²) in [6.45, 7) is 3.99. The molecule has 6 nitrogen and oxygen atoms in total. The van der Waals surface area contributed by atoms with Crippen LogP contribution in [-0.2, 0) is 20.7 Å². The van der Waals surface area contributed by atoms with Gasteiger partial charge in [-0.25, -0.2) is 0 Å². The number of thioether (sulfide) groups is 1. The van der Waals surface area contributed by atoms with E-state index in [0.29, 0.717) is 50.4 Å². The van der Waals surface area contributed by atoms with Crippen LogP contribution in [0.1, 0.15) is 46.6 Å². The van der Waals surface area contributed by atoms with Crippen LogP contribution in [-0.4, -0.2) is 59.6 Å². The lowest BCUT2D eigenvalue weighted by molar-refractivity contribution is -0.149. The van der Waals surface area contributed by atoms with Crippen LogP contribution in [0.2, 0.25) is 0 Å². The first-order valence-electron chi connectivity index (χ1n) is 11.6. The quantitative estimate of drug-likeness (QED) is 0.579. The SMILES string of the molecule is CCOC(=O)C1CCN(C(=O)c2ccc([C@H]3SCC(=O)N3CCc3ccccc3)cc2)CC1. The van der Waals surface area contributed by atoms with Crippen LogP contribution in [0.25, 0.3) is 0 Å². The number of piperidine rings is 1. The highest BCUT2D eigenvalue weighted by molar-refractivity contribution is 8.00. The van der Waals surface area contributed by atoms with Crippen LogP contribution in [0.3, 0.4) is 0 Å². The van der Waals surface area contributed by atoms with E-state index < -0.39 is 0 Å². The smallest absolute Gasteiger partial charge is 0.309 e. The van der Waals surface area contributed by atoms with Crippen molar-refractivity contribution in [3.63, 3.8) is 0 Å². The molecule has 2 saturated heterocycles. The molecule has 0 saturated carbocycles. The number of likely N-dealkylation sites (tertiary alicyclic amines) is 1. The number of esters is 1. The highest BCUT2D eigenvalue weighted by atomic mass is 32.2. The Labute approximate surface area is 199 Å². The van der Waals surface area contributed by atoms with Crippen LogP contribution < -0.4 is 0 Å². The van der Waals surface area contributed by atoms with E-state index in [-0.39, 0.29) is 29.1 Å². The summed E-state index contributed by atoms with van der Waals surface area (Å²) in [5.41, 5.74) is 2.89. The third-order valence-corrected chi connectivity index (χ3v) is 7.55. The zero-order valence-electron chi connectivity index (χ0n) is 18.9. The Hall–Kier alpha value is -2.80. The van der Waals surface area contributed by atoms with Gasteiger partial charge < -0.3 is 14.5 Å². The van der Waals surface area contributed by atoms with Gasteiger partial charge in [0.15, 0.2) is 0 Å². The van der Waals surface area contributed by atoms with E-state index in [4.69, 9.17) is 4.74 Å². The van der Waals surface area contributed by atoms with Crippen molar-refractivity contribution in [3.05, 3.63) is 71.3 Å². The lowest BCUT2D eigenvalue weighted by Crippen LogP contribution is -2.40. The molecule has 174 valence electrons. The molecule has 0 N–H and O–H groups in total. The second-order valence-corrected chi connectivity index (χ2v) is 9.50. The second-order valence-electron chi connectivity index (χ2n) is 8.43. The maximum Gasteiger partial charge on any atom is 0.309 e. The third kappa shape index (κ3) is 5.58. The number of hydrogen-bond donors (Lipinski definition) is 0. The summed E-state index contributed by atoms with van der Waals surface area (Å²) < 4.78 is 5.11. The van der Waals surface area contributed by atoms with Crippen LogP contribution in [0, 0.1) is 5.92 Å².